The Labute approximate surface area is 135 Å². The molecule has 0 radical (unpaired) electrons. The predicted molar refractivity (Wildman–Crippen MR) is 84.6 cm³/mol. The predicted octanol–water partition coefficient (Wildman–Crippen LogP) is 2.85. The van der Waals surface area contributed by atoms with Gasteiger partial charge in [-0.3, -0.25) is 5.43 Å². The van der Waals surface area contributed by atoms with Crippen LogP contribution in [0.3, 0.4) is 0 Å². The number of ether oxygens (including phenoxy) is 1. The Hall–Kier alpha value is -2.61. The van der Waals surface area contributed by atoms with Crippen molar-refractivity contribution in [1.82, 2.24) is 5.43 Å². The first-order valence-corrected chi connectivity index (χ1v) is 6.80. The molecule has 2 aromatic rings. The second kappa shape index (κ2) is 7.59. The molecule has 2 rings (SSSR count). The second-order valence-electron chi connectivity index (χ2n) is 4.49. The summed E-state index contributed by atoms with van der Waals surface area (Å²) in [6.07, 6.45) is 1.33. The summed E-state index contributed by atoms with van der Waals surface area (Å²) >= 11 is 4.56. The maximum Gasteiger partial charge on any atom is 0.184 e. The molecule has 0 heterocycles. The molecule has 0 fully saturated rings. The molecule has 0 aliphatic carbocycles. The van der Waals surface area contributed by atoms with E-state index >= 15 is 0 Å². The third kappa shape index (κ3) is 5.26. The number of nitrogens with two attached hydrogens (primary N) is 1. The Kier molecular flexibility index (Phi) is 5.53. The van der Waals surface area contributed by atoms with E-state index in [9.17, 15) is 13.2 Å². The Balaban J connectivity index is 2.03. The fourth-order valence-electron chi connectivity index (χ4n) is 1.74. The van der Waals surface area contributed by atoms with Crippen molar-refractivity contribution in [3.63, 3.8) is 0 Å². The van der Waals surface area contributed by atoms with Crippen molar-refractivity contribution in [2.75, 3.05) is 0 Å². The largest absolute Gasteiger partial charge is 0.486 e. The zero-order chi connectivity index (χ0) is 16.8. The van der Waals surface area contributed by atoms with Gasteiger partial charge < -0.3 is 10.5 Å². The van der Waals surface area contributed by atoms with E-state index in [-0.39, 0.29) is 23.0 Å². The molecule has 0 aromatic heterocycles. The average Bonchev–Trinajstić information content (AvgIpc) is 2.45. The first-order valence-electron chi connectivity index (χ1n) is 6.40. The van der Waals surface area contributed by atoms with Crippen LogP contribution in [0.25, 0.3) is 0 Å². The normalized spacial score (nSPS) is 10.7. The zero-order valence-electron chi connectivity index (χ0n) is 11.7. The highest BCUT2D eigenvalue weighted by atomic mass is 32.1. The smallest absolute Gasteiger partial charge is 0.184 e. The summed E-state index contributed by atoms with van der Waals surface area (Å²) in [6.45, 7) is -0.165. The van der Waals surface area contributed by atoms with Gasteiger partial charge >= 0.3 is 0 Å². The number of hydrogen-bond donors (Lipinski definition) is 2. The van der Waals surface area contributed by atoms with Gasteiger partial charge in [0.15, 0.2) is 16.7 Å². The van der Waals surface area contributed by atoms with Gasteiger partial charge in [0.2, 0.25) is 0 Å². The number of nitrogens with one attached hydrogen (secondary N) is 1. The molecule has 120 valence electrons. The van der Waals surface area contributed by atoms with Gasteiger partial charge in [-0.1, -0.05) is 0 Å². The molecule has 0 amide bonds. The lowest BCUT2D eigenvalue weighted by atomic mass is 10.2. The quantitative estimate of drug-likeness (QED) is 0.500. The number of rotatable bonds is 5. The monoisotopic (exact) mass is 339 g/mol. The minimum Gasteiger partial charge on any atom is -0.486 e. The van der Waals surface area contributed by atoms with Crippen LogP contribution in [0, 0.1) is 17.5 Å². The van der Waals surface area contributed by atoms with Crippen molar-refractivity contribution >= 4 is 23.5 Å². The molecule has 4 nitrogen and oxygen atoms in total. The highest BCUT2D eigenvalue weighted by molar-refractivity contribution is 7.80. The first kappa shape index (κ1) is 16.8. The van der Waals surface area contributed by atoms with Gasteiger partial charge in [-0.2, -0.15) is 5.10 Å². The molecule has 0 spiro atoms. The van der Waals surface area contributed by atoms with Crippen LogP contribution in [0.5, 0.6) is 5.75 Å². The minimum absolute atomic E-state index is 0.0102. The fraction of sp³-hybridized carbons (Fsp3) is 0.0667. The maximum absolute atomic E-state index is 13.9. The SMILES string of the molecule is NC(=S)NN=Cc1ccc(OCc2cc(F)cc(F)c2)c(F)c1. The number of halogens is 3. The molecule has 0 saturated heterocycles. The molecule has 8 heteroatoms. The highest BCUT2D eigenvalue weighted by Gasteiger charge is 2.06. The summed E-state index contributed by atoms with van der Waals surface area (Å²) in [5.41, 5.74) is 8.24. The Morgan fingerprint density at radius 2 is 1.87 bits per heavy atom. The second-order valence-corrected chi connectivity index (χ2v) is 4.93. The molecule has 3 N–H and O–H groups in total. The summed E-state index contributed by atoms with van der Waals surface area (Å²) in [4.78, 5) is 0. The van der Waals surface area contributed by atoms with Crippen LogP contribution < -0.4 is 15.9 Å². The molecule has 23 heavy (non-hydrogen) atoms. The van der Waals surface area contributed by atoms with Crippen LogP contribution in [0.15, 0.2) is 41.5 Å². The molecule has 0 unspecified atom stereocenters. The number of hydrazone groups is 1. The lowest BCUT2D eigenvalue weighted by molar-refractivity contribution is 0.289. The zero-order valence-corrected chi connectivity index (χ0v) is 12.5. The van der Waals surface area contributed by atoms with E-state index in [1.807, 2.05) is 0 Å². The van der Waals surface area contributed by atoms with Crippen LogP contribution in [-0.2, 0) is 6.61 Å². The third-order valence-electron chi connectivity index (χ3n) is 2.66. The standard InChI is InChI=1S/C15H12F3N3OS/c16-11-3-10(4-12(17)6-11)8-22-14-2-1-9(5-13(14)18)7-20-21-15(19)23/h1-7H,8H2,(H3,19,21,23). The average molecular weight is 339 g/mol. The van der Waals surface area contributed by atoms with Crippen LogP contribution in [-0.4, -0.2) is 11.3 Å². The Morgan fingerprint density at radius 1 is 1.17 bits per heavy atom. The van der Waals surface area contributed by atoms with Crippen LogP contribution in [0.1, 0.15) is 11.1 Å². The van der Waals surface area contributed by atoms with Crippen LogP contribution in [0.4, 0.5) is 13.2 Å². The fourth-order valence-corrected chi connectivity index (χ4v) is 1.79. The molecule has 0 saturated carbocycles. The maximum atomic E-state index is 13.9. The van der Waals surface area contributed by atoms with Gasteiger partial charge in [0.05, 0.1) is 6.21 Å². The van der Waals surface area contributed by atoms with Crippen LogP contribution >= 0.6 is 12.2 Å². The first-order chi connectivity index (χ1) is 10.9. The van der Waals surface area contributed by atoms with Gasteiger partial charge in [0, 0.05) is 6.07 Å². The Bertz CT molecular complexity index is 732. The molecule has 0 bridgehead atoms. The van der Waals surface area contributed by atoms with Crippen molar-refractivity contribution < 1.29 is 17.9 Å². The molecule has 0 aliphatic rings. The van der Waals surface area contributed by atoms with Crippen molar-refractivity contribution in [3.8, 4) is 5.75 Å². The lowest BCUT2D eigenvalue weighted by Gasteiger charge is -2.08. The third-order valence-corrected chi connectivity index (χ3v) is 2.75. The van der Waals surface area contributed by atoms with Gasteiger partial charge in [0.1, 0.15) is 18.2 Å². The van der Waals surface area contributed by atoms with E-state index in [2.05, 4.69) is 22.7 Å². The van der Waals surface area contributed by atoms with Gasteiger partial charge in [-0.15, -0.1) is 0 Å². The number of benzene rings is 2. The molecule has 0 atom stereocenters. The van der Waals surface area contributed by atoms with Crippen molar-refractivity contribution in [3.05, 3.63) is 65.0 Å². The van der Waals surface area contributed by atoms with E-state index in [1.165, 1.54) is 18.3 Å². The topological polar surface area (TPSA) is 59.6 Å². The van der Waals surface area contributed by atoms with Crippen LogP contribution in [0.2, 0.25) is 0 Å². The van der Waals surface area contributed by atoms with Gasteiger partial charge in [-0.25, -0.2) is 13.2 Å². The van der Waals surface area contributed by atoms with E-state index < -0.39 is 17.5 Å². The summed E-state index contributed by atoms with van der Waals surface area (Å²) in [7, 11) is 0. The van der Waals surface area contributed by atoms with Crippen molar-refractivity contribution in [1.29, 1.82) is 0 Å². The molecule has 0 aliphatic heterocycles. The minimum atomic E-state index is -0.721. The summed E-state index contributed by atoms with van der Waals surface area (Å²) < 4.78 is 45.2. The Morgan fingerprint density at radius 3 is 2.48 bits per heavy atom. The molecular weight excluding hydrogens is 327 g/mol. The number of thiocarbonyl (C=S) groups is 1. The van der Waals surface area contributed by atoms with E-state index in [0.717, 1.165) is 18.2 Å². The van der Waals surface area contributed by atoms with Gasteiger partial charge in [0.25, 0.3) is 0 Å². The summed E-state index contributed by atoms with van der Waals surface area (Å²) in [6, 6.07) is 7.10. The van der Waals surface area contributed by atoms with Crippen molar-refractivity contribution in [2.45, 2.75) is 6.61 Å². The van der Waals surface area contributed by atoms with E-state index in [0.29, 0.717) is 5.56 Å². The molecular formula is C15H12F3N3OS. The lowest BCUT2D eigenvalue weighted by Crippen LogP contribution is -2.23. The summed E-state index contributed by atoms with van der Waals surface area (Å²) in [5, 5.41) is 3.68. The summed E-state index contributed by atoms with van der Waals surface area (Å²) in [5.74, 6) is -2.13. The van der Waals surface area contributed by atoms with Crippen molar-refractivity contribution in [2.24, 2.45) is 10.8 Å². The van der Waals surface area contributed by atoms with E-state index in [4.69, 9.17) is 10.5 Å². The van der Waals surface area contributed by atoms with Gasteiger partial charge in [-0.05, 0) is 53.7 Å². The highest BCUT2D eigenvalue weighted by Crippen LogP contribution is 2.19. The number of hydrogen-bond acceptors (Lipinski definition) is 3. The molecule has 2 aromatic carbocycles. The van der Waals surface area contributed by atoms with E-state index in [1.54, 1.807) is 6.07 Å². The number of nitrogens with zero attached hydrogens (tertiary/aromatic N) is 1.